The molecule has 8 heteroatoms. The lowest BCUT2D eigenvalue weighted by molar-refractivity contribution is -0.384. The number of rotatable bonds is 5. The maximum atomic E-state index is 13.0. The Balaban J connectivity index is 1.63. The van der Waals surface area contributed by atoms with Crippen LogP contribution in [-0.2, 0) is 4.79 Å². The third kappa shape index (κ3) is 4.61. The molecule has 1 aliphatic heterocycles. The van der Waals surface area contributed by atoms with Crippen molar-refractivity contribution in [3.8, 4) is 11.3 Å². The molecule has 2 aromatic carbocycles. The molecule has 3 aromatic rings. The van der Waals surface area contributed by atoms with Crippen LogP contribution in [0, 0.1) is 30.9 Å². The fraction of sp³-hybridized carbons (Fsp3) is 0.200. The number of aryl methyl sites for hydroxylation is 3. The molecule has 168 valence electrons. The number of benzene rings is 2. The van der Waals surface area contributed by atoms with Gasteiger partial charge in [-0.2, -0.15) is 0 Å². The Morgan fingerprint density at radius 3 is 2.58 bits per heavy atom. The number of hydrogen-bond donors (Lipinski definition) is 0. The molecular weight excluding hydrogens is 438 g/mol. The average molecular weight is 462 g/mol. The zero-order chi connectivity index (χ0) is 23.7. The van der Waals surface area contributed by atoms with Gasteiger partial charge >= 0.3 is 0 Å². The molecule has 0 aliphatic carbocycles. The van der Waals surface area contributed by atoms with E-state index in [9.17, 15) is 14.9 Å². The number of non-ortho nitro benzene ring substituents is 1. The highest BCUT2D eigenvalue weighted by Gasteiger charge is 2.32. The van der Waals surface area contributed by atoms with Gasteiger partial charge in [-0.05, 0) is 80.4 Å². The zero-order valence-corrected chi connectivity index (χ0v) is 19.6. The number of carbonyl (C=O) groups is 1. The minimum absolute atomic E-state index is 0.0356. The molecule has 0 spiro atoms. The van der Waals surface area contributed by atoms with Crippen molar-refractivity contribution >= 4 is 40.3 Å². The van der Waals surface area contributed by atoms with E-state index in [2.05, 4.69) is 0 Å². The number of aliphatic imine (C=N–C) groups is 1. The van der Waals surface area contributed by atoms with Crippen LogP contribution in [0.5, 0.6) is 0 Å². The molecule has 0 unspecified atom stereocenters. The van der Waals surface area contributed by atoms with Crippen molar-refractivity contribution in [3.05, 3.63) is 86.0 Å². The maximum absolute atomic E-state index is 13.0. The summed E-state index contributed by atoms with van der Waals surface area (Å²) in [6.07, 6.45) is 1.71. The van der Waals surface area contributed by atoms with E-state index in [-0.39, 0.29) is 11.6 Å². The van der Waals surface area contributed by atoms with Crippen LogP contribution >= 0.6 is 11.8 Å². The predicted octanol–water partition coefficient (Wildman–Crippen LogP) is 6.40. The number of nitro groups is 1. The second-order valence-corrected chi connectivity index (χ2v) is 8.81. The number of amidine groups is 1. The minimum atomic E-state index is -0.422. The van der Waals surface area contributed by atoms with Gasteiger partial charge in [-0.25, -0.2) is 4.99 Å². The van der Waals surface area contributed by atoms with E-state index in [1.165, 1.54) is 23.9 Å². The Morgan fingerprint density at radius 2 is 1.88 bits per heavy atom. The van der Waals surface area contributed by atoms with Gasteiger partial charge in [0.25, 0.3) is 11.6 Å². The molecule has 1 fully saturated rings. The normalized spacial score (nSPS) is 16.2. The van der Waals surface area contributed by atoms with Gasteiger partial charge in [-0.3, -0.25) is 19.8 Å². The molecular formula is C25H23N3O4S. The summed E-state index contributed by atoms with van der Waals surface area (Å²) in [4.78, 5) is 30.5. The Hall–Kier alpha value is -3.65. The molecule has 0 radical (unpaired) electrons. The van der Waals surface area contributed by atoms with E-state index in [4.69, 9.17) is 9.41 Å². The van der Waals surface area contributed by atoms with E-state index in [1.54, 1.807) is 36.1 Å². The molecule has 4 rings (SSSR count). The largest absolute Gasteiger partial charge is 0.457 e. The lowest BCUT2D eigenvalue weighted by atomic mass is 10.1. The molecule has 1 aliphatic rings. The van der Waals surface area contributed by atoms with E-state index in [0.29, 0.717) is 28.1 Å². The number of amides is 1. The van der Waals surface area contributed by atoms with E-state index < -0.39 is 4.92 Å². The van der Waals surface area contributed by atoms with Crippen molar-refractivity contribution in [1.29, 1.82) is 0 Å². The summed E-state index contributed by atoms with van der Waals surface area (Å²) in [6.45, 7) is 8.24. The number of hydrogen-bond acceptors (Lipinski definition) is 6. The van der Waals surface area contributed by atoms with Gasteiger partial charge in [-0.1, -0.05) is 12.1 Å². The van der Waals surface area contributed by atoms with Crippen LogP contribution in [0.25, 0.3) is 17.4 Å². The van der Waals surface area contributed by atoms with Gasteiger partial charge in [-0.15, -0.1) is 0 Å². The Labute approximate surface area is 196 Å². The topological polar surface area (TPSA) is 89.0 Å². The lowest BCUT2D eigenvalue weighted by Gasteiger charge is -2.12. The van der Waals surface area contributed by atoms with E-state index in [1.807, 2.05) is 39.0 Å². The molecule has 1 amide bonds. The van der Waals surface area contributed by atoms with Gasteiger partial charge in [0.1, 0.15) is 11.5 Å². The third-order valence-electron chi connectivity index (χ3n) is 5.37. The van der Waals surface area contributed by atoms with Crippen LogP contribution in [0.15, 0.2) is 62.8 Å². The summed E-state index contributed by atoms with van der Waals surface area (Å²) < 4.78 is 5.95. The van der Waals surface area contributed by atoms with E-state index in [0.717, 1.165) is 27.9 Å². The van der Waals surface area contributed by atoms with E-state index >= 15 is 0 Å². The molecule has 0 atom stereocenters. The Kier molecular flexibility index (Phi) is 6.20. The molecule has 0 saturated carbocycles. The molecule has 1 saturated heterocycles. The molecule has 2 heterocycles. The molecule has 33 heavy (non-hydrogen) atoms. The number of carbonyl (C=O) groups excluding carboxylic acids is 1. The summed E-state index contributed by atoms with van der Waals surface area (Å²) in [5.41, 5.74) is 4.54. The maximum Gasteiger partial charge on any atom is 0.269 e. The van der Waals surface area contributed by atoms with Crippen molar-refractivity contribution in [2.45, 2.75) is 27.7 Å². The van der Waals surface area contributed by atoms with Gasteiger partial charge in [0.15, 0.2) is 5.17 Å². The summed E-state index contributed by atoms with van der Waals surface area (Å²) in [5, 5.41) is 11.6. The fourth-order valence-electron chi connectivity index (χ4n) is 3.56. The van der Waals surface area contributed by atoms with Gasteiger partial charge in [0, 0.05) is 30.3 Å². The number of likely N-dealkylation sites (N-methyl/N-ethyl adjacent to an activating group) is 1. The first-order chi connectivity index (χ1) is 15.8. The SMILES string of the molecule is CCN1C(=O)/C(=C\c2ccc(-c3ccc([N+](=O)[O-])cc3C)o2)SC1=Nc1cc(C)ccc1C. The van der Waals surface area contributed by atoms with Crippen molar-refractivity contribution < 1.29 is 14.1 Å². The van der Waals surface area contributed by atoms with Crippen LogP contribution in [0.4, 0.5) is 11.4 Å². The molecule has 0 bridgehead atoms. The van der Waals surface area contributed by atoms with Crippen LogP contribution in [-0.4, -0.2) is 27.4 Å². The first-order valence-electron chi connectivity index (χ1n) is 10.5. The van der Waals surface area contributed by atoms with Gasteiger partial charge < -0.3 is 4.42 Å². The second-order valence-electron chi connectivity index (χ2n) is 7.80. The number of thioether (sulfide) groups is 1. The first kappa shape index (κ1) is 22.5. The van der Waals surface area contributed by atoms with Crippen LogP contribution in [0.3, 0.4) is 0 Å². The highest BCUT2D eigenvalue weighted by molar-refractivity contribution is 8.18. The third-order valence-corrected chi connectivity index (χ3v) is 6.38. The predicted molar refractivity (Wildman–Crippen MR) is 132 cm³/mol. The quantitative estimate of drug-likeness (QED) is 0.249. The van der Waals surface area contributed by atoms with Crippen LogP contribution in [0.1, 0.15) is 29.4 Å². The number of nitro benzene ring substituents is 1. The van der Waals surface area contributed by atoms with Gasteiger partial charge in [0.2, 0.25) is 0 Å². The van der Waals surface area contributed by atoms with Crippen molar-refractivity contribution in [1.82, 2.24) is 4.90 Å². The summed E-state index contributed by atoms with van der Waals surface area (Å²) in [6, 6.07) is 14.3. The average Bonchev–Trinajstić information content (AvgIpc) is 3.35. The summed E-state index contributed by atoms with van der Waals surface area (Å²) >= 11 is 1.32. The number of nitrogens with zero attached hydrogens (tertiary/aromatic N) is 3. The Bertz CT molecular complexity index is 1320. The second kappa shape index (κ2) is 9.07. The fourth-order valence-corrected chi connectivity index (χ4v) is 4.59. The Morgan fingerprint density at radius 1 is 1.09 bits per heavy atom. The van der Waals surface area contributed by atoms with Crippen molar-refractivity contribution in [2.75, 3.05) is 6.54 Å². The van der Waals surface area contributed by atoms with Crippen LogP contribution < -0.4 is 0 Å². The first-order valence-corrected chi connectivity index (χ1v) is 11.3. The molecule has 7 nitrogen and oxygen atoms in total. The minimum Gasteiger partial charge on any atom is -0.457 e. The zero-order valence-electron chi connectivity index (χ0n) is 18.8. The monoisotopic (exact) mass is 461 g/mol. The summed E-state index contributed by atoms with van der Waals surface area (Å²) in [7, 11) is 0. The lowest BCUT2D eigenvalue weighted by Crippen LogP contribution is -2.28. The number of furan rings is 1. The molecule has 1 aromatic heterocycles. The summed E-state index contributed by atoms with van der Waals surface area (Å²) in [5.74, 6) is 1.000. The van der Waals surface area contributed by atoms with Crippen molar-refractivity contribution in [3.63, 3.8) is 0 Å². The van der Waals surface area contributed by atoms with Crippen LogP contribution in [0.2, 0.25) is 0 Å². The van der Waals surface area contributed by atoms with Gasteiger partial charge in [0.05, 0.1) is 15.5 Å². The molecule has 0 N–H and O–H groups in total. The van der Waals surface area contributed by atoms with Crippen molar-refractivity contribution in [2.24, 2.45) is 4.99 Å². The highest BCUT2D eigenvalue weighted by Crippen LogP contribution is 2.36. The standard InChI is InChI=1S/C25H23N3O4S/c1-5-27-24(29)23(33-25(27)26-21-12-15(2)6-7-16(21)3)14-19-9-11-22(32-19)20-10-8-18(28(30)31)13-17(20)4/h6-14H,5H2,1-4H3/b23-14+,26-25?. The smallest absolute Gasteiger partial charge is 0.269 e. The highest BCUT2D eigenvalue weighted by atomic mass is 32.2.